The van der Waals surface area contributed by atoms with Crippen LogP contribution in [-0.4, -0.2) is 5.91 Å². The third kappa shape index (κ3) is 2.85. The molecule has 8 heteroatoms. The number of furan rings is 1. The van der Waals surface area contributed by atoms with Crippen LogP contribution in [0.25, 0.3) is 11.0 Å². The molecule has 0 aliphatic rings. The van der Waals surface area contributed by atoms with E-state index in [1.165, 1.54) is 12.1 Å². The van der Waals surface area contributed by atoms with Gasteiger partial charge in [0.05, 0.1) is 22.8 Å². The number of amides is 1. The quantitative estimate of drug-likeness (QED) is 0.614. The lowest BCUT2D eigenvalue weighted by atomic mass is 10.2. The molecule has 3 rings (SSSR count). The molecule has 0 bridgehead atoms. The second kappa shape index (κ2) is 5.76. The van der Waals surface area contributed by atoms with E-state index in [-0.39, 0.29) is 22.4 Å². The summed E-state index contributed by atoms with van der Waals surface area (Å²) in [5.41, 5.74) is 4.33. The van der Waals surface area contributed by atoms with E-state index >= 15 is 0 Å². The summed E-state index contributed by atoms with van der Waals surface area (Å²) in [6.45, 7) is 0. The lowest BCUT2D eigenvalue weighted by Gasteiger charge is -2.09. The van der Waals surface area contributed by atoms with Crippen molar-refractivity contribution in [2.45, 2.75) is 0 Å². The fourth-order valence-corrected chi connectivity index (χ4v) is 2.43. The highest BCUT2D eigenvalue weighted by Gasteiger charge is 2.20. The van der Waals surface area contributed by atoms with Crippen LogP contribution in [0.15, 0.2) is 28.7 Å². The minimum atomic E-state index is -1.27. The summed E-state index contributed by atoms with van der Waals surface area (Å²) >= 11 is 1.92. The zero-order chi connectivity index (χ0) is 16.7. The largest absolute Gasteiger partial charge is 0.450 e. The van der Waals surface area contributed by atoms with Crippen LogP contribution in [0.1, 0.15) is 10.6 Å². The van der Waals surface area contributed by atoms with E-state index in [9.17, 15) is 18.0 Å². The Hall–Kier alpha value is -2.23. The van der Waals surface area contributed by atoms with Gasteiger partial charge in [0.15, 0.2) is 17.4 Å². The SMILES string of the molecule is NC(=O)c1cc2c(F)c(F)c(Nc3ccc(I)cc3F)[c]c2o1. The van der Waals surface area contributed by atoms with Gasteiger partial charge in [-0.2, -0.15) is 0 Å². The van der Waals surface area contributed by atoms with Crippen molar-refractivity contribution in [3.63, 3.8) is 0 Å². The molecule has 117 valence electrons. The Morgan fingerprint density at radius 2 is 1.96 bits per heavy atom. The summed E-state index contributed by atoms with van der Waals surface area (Å²) in [5.74, 6) is -4.40. The normalized spacial score (nSPS) is 11.0. The second-order valence-electron chi connectivity index (χ2n) is 4.59. The first-order valence-electron chi connectivity index (χ1n) is 6.22. The van der Waals surface area contributed by atoms with Gasteiger partial charge in [-0.05, 0) is 40.8 Å². The monoisotopic (exact) mass is 431 g/mol. The van der Waals surface area contributed by atoms with Crippen molar-refractivity contribution in [2.75, 3.05) is 5.32 Å². The van der Waals surface area contributed by atoms with E-state index in [4.69, 9.17) is 10.2 Å². The van der Waals surface area contributed by atoms with Crippen molar-refractivity contribution < 1.29 is 22.4 Å². The predicted octanol–water partition coefficient (Wildman–Crippen LogP) is 4.10. The lowest BCUT2D eigenvalue weighted by Crippen LogP contribution is -2.08. The van der Waals surface area contributed by atoms with E-state index in [1.807, 2.05) is 22.6 Å². The van der Waals surface area contributed by atoms with Gasteiger partial charge in [0, 0.05) is 9.64 Å². The van der Waals surface area contributed by atoms with Crippen LogP contribution in [0.3, 0.4) is 0 Å². The van der Waals surface area contributed by atoms with Crippen molar-refractivity contribution in [3.05, 3.63) is 57.1 Å². The molecule has 2 aromatic carbocycles. The number of anilines is 2. The van der Waals surface area contributed by atoms with Gasteiger partial charge in [-0.3, -0.25) is 4.79 Å². The maximum atomic E-state index is 14.1. The van der Waals surface area contributed by atoms with E-state index in [2.05, 4.69) is 11.4 Å². The third-order valence-electron chi connectivity index (χ3n) is 3.05. The van der Waals surface area contributed by atoms with Crippen molar-refractivity contribution in [1.29, 1.82) is 0 Å². The van der Waals surface area contributed by atoms with Crippen LogP contribution in [0.4, 0.5) is 24.5 Å². The smallest absolute Gasteiger partial charge is 0.284 e. The summed E-state index contributed by atoms with van der Waals surface area (Å²) in [7, 11) is 0. The zero-order valence-corrected chi connectivity index (χ0v) is 13.4. The first-order valence-corrected chi connectivity index (χ1v) is 7.30. The molecule has 0 aliphatic heterocycles. The number of hydrogen-bond acceptors (Lipinski definition) is 3. The maximum absolute atomic E-state index is 14.1. The fourth-order valence-electron chi connectivity index (χ4n) is 1.98. The Balaban J connectivity index is 2.10. The van der Waals surface area contributed by atoms with Crippen LogP contribution in [-0.2, 0) is 0 Å². The zero-order valence-electron chi connectivity index (χ0n) is 11.2. The predicted molar refractivity (Wildman–Crippen MR) is 85.9 cm³/mol. The number of carbonyl (C=O) groups excluding carboxylic acids is 1. The molecule has 3 aromatic rings. The molecule has 0 saturated heterocycles. The Morgan fingerprint density at radius 3 is 2.61 bits per heavy atom. The van der Waals surface area contributed by atoms with Crippen LogP contribution in [0.2, 0.25) is 0 Å². The molecule has 1 aromatic heterocycles. The van der Waals surface area contributed by atoms with Crippen LogP contribution < -0.4 is 11.1 Å². The number of nitrogens with one attached hydrogen (secondary N) is 1. The van der Waals surface area contributed by atoms with Gasteiger partial charge in [-0.1, -0.05) is 0 Å². The summed E-state index contributed by atoms with van der Waals surface area (Å²) in [4.78, 5) is 11.1. The Labute approximate surface area is 141 Å². The minimum Gasteiger partial charge on any atom is -0.450 e. The number of rotatable bonds is 3. The number of nitrogens with two attached hydrogens (primary N) is 1. The molecule has 0 atom stereocenters. The molecule has 1 amide bonds. The number of primary amides is 1. The van der Waals surface area contributed by atoms with Gasteiger partial charge < -0.3 is 15.5 Å². The van der Waals surface area contributed by atoms with Crippen molar-refractivity contribution in [2.24, 2.45) is 5.73 Å². The molecule has 0 aliphatic carbocycles. The Bertz CT molecular complexity index is 940. The number of halogens is 4. The molecule has 1 heterocycles. The molecule has 3 N–H and O–H groups in total. The highest BCUT2D eigenvalue weighted by molar-refractivity contribution is 14.1. The second-order valence-corrected chi connectivity index (χ2v) is 5.84. The Morgan fingerprint density at radius 1 is 1.22 bits per heavy atom. The number of carbonyl (C=O) groups is 1. The van der Waals surface area contributed by atoms with E-state index in [0.29, 0.717) is 3.57 Å². The topological polar surface area (TPSA) is 68.3 Å². The van der Waals surface area contributed by atoms with Gasteiger partial charge in [-0.25, -0.2) is 13.2 Å². The molecular weight excluding hydrogens is 424 g/mol. The fraction of sp³-hybridized carbons (Fsp3) is 0. The molecule has 23 heavy (non-hydrogen) atoms. The average Bonchev–Trinajstić information content (AvgIpc) is 2.91. The van der Waals surface area contributed by atoms with Crippen molar-refractivity contribution >= 4 is 50.8 Å². The maximum Gasteiger partial charge on any atom is 0.284 e. The van der Waals surface area contributed by atoms with Crippen LogP contribution >= 0.6 is 22.6 Å². The summed E-state index contributed by atoms with van der Waals surface area (Å²) in [6, 6.07) is 7.62. The van der Waals surface area contributed by atoms with Crippen molar-refractivity contribution in [1.82, 2.24) is 0 Å². The average molecular weight is 431 g/mol. The van der Waals surface area contributed by atoms with Gasteiger partial charge in [0.1, 0.15) is 11.4 Å². The molecule has 0 saturated carbocycles. The Kier molecular flexibility index (Phi) is 3.92. The van der Waals surface area contributed by atoms with E-state index in [0.717, 1.165) is 6.07 Å². The standard InChI is InChI=1S/C15H7F3IN2O2/c16-8-3-6(19)1-2-9(8)21-10-5-11-7(13(17)14(10)18)4-12(23-11)15(20)22/h1-4,21H,(H2,20,22). The lowest BCUT2D eigenvalue weighted by molar-refractivity contribution is 0.0976. The van der Waals surface area contributed by atoms with Crippen molar-refractivity contribution in [3.8, 4) is 0 Å². The van der Waals surface area contributed by atoms with Gasteiger partial charge in [0.25, 0.3) is 5.91 Å². The van der Waals surface area contributed by atoms with E-state index in [1.54, 1.807) is 6.07 Å². The summed E-state index contributed by atoms with van der Waals surface area (Å²) < 4.78 is 47.6. The number of fused-ring (bicyclic) bond motifs is 1. The molecule has 1 radical (unpaired) electrons. The molecule has 0 fully saturated rings. The van der Waals surface area contributed by atoms with Crippen LogP contribution in [0.5, 0.6) is 0 Å². The summed E-state index contributed by atoms with van der Waals surface area (Å²) in [5, 5.41) is 2.14. The molecule has 4 nitrogen and oxygen atoms in total. The number of hydrogen-bond donors (Lipinski definition) is 2. The third-order valence-corrected chi connectivity index (χ3v) is 3.72. The van der Waals surface area contributed by atoms with E-state index < -0.39 is 29.0 Å². The highest BCUT2D eigenvalue weighted by atomic mass is 127. The number of benzene rings is 2. The van der Waals surface area contributed by atoms with Gasteiger partial charge in [-0.15, -0.1) is 0 Å². The molecular formula is C15H7F3IN2O2. The minimum absolute atomic E-state index is 0.0546. The first kappa shape index (κ1) is 15.7. The van der Waals surface area contributed by atoms with Gasteiger partial charge >= 0.3 is 0 Å². The highest BCUT2D eigenvalue weighted by Crippen LogP contribution is 2.31. The molecule has 0 unspecified atom stereocenters. The first-order chi connectivity index (χ1) is 10.9. The van der Waals surface area contributed by atoms with Gasteiger partial charge in [0.2, 0.25) is 0 Å². The summed E-state index contributed by atoms with van der Waals surface area (Å²) in [6.07, 6.45) is 0. The molecule has 0 spiro atoms. The van der Waals surface area contributed by atoms with Crippen LogP contribution in [0, 0.1) is 27.1 Å².